The minimum absolute atomic E-state index is 0.117. The Morgan fingerprint density at radius 3 is 2.91 bits per heavy atom. The van der Waals surface area contributed by atoms with Crippen LogP contribution in [0.1, 0.15) is 32.1 Å². The summed E-state index contributed by atoms with van der Waals surface area (Å²) < 4.78 is 7.54. The molecular weight excluding hydrogens is 306 g/mol. The van der Waals surface area contributed by atoms with Crippen LogP contribution < -0.4 is 0 Å². The van der Waals surface area contributed by atoms with Crippen molar-refractivity contribution in [2.75, 3.05) is 19.7 Å². The number of hydrogen-bond acceptors (Lipinski definition) is 4. The Labute approximate surface area is 135 Å². The van der Waals surface area contributed by atoms with Crippen molar-refractivity contribution in [1.82, 2.24) is 14.7 Å². The van der Waals surface area contributed by atoms with Crippen molar-refractivity contribution in [1.29, 1.82) is 0 Å². The first-order valence-corrected chi connectivity index (χ1v) is 8.25. The van der Waals surface area contributed by atoms with Crippen molar-refractivity contribution in [3.8, 4) is 0 Å². The number of piperidine rings is 1. The van der Waals surface area contributed by atoms with Crippen LogP contribution in [-0.2, 0) is 16.1 Å². The molecule has 3 rings (SSSR count). The van der Waals surface area contributed by atoms with E-state index in [1.165, 1.54) is 0 Å². The van der Waals surface area contributed by atoms with Gasteiger partial charge in [0, 0.05) is 38.9 Å². The number of aryl methyl sites for hydroxylation is 1. The molecule has 22 heavy (non-hydrogen) atoms. The predicted octanol–water partition coefficient (Wildman–Crippen LogP) is 1.46. The van der Waals surface area contributed by atoms with E-state index in [1.807, 2.05) is 4.90 Å². The summed E-state index contributed by atoms with van der Waals surface area (Å²) in [5.41, 5.74) is -0.426. The van der Waals surface area contributed by atoms with E-state index in [4.69, 9.17) is 16.3 Å². The van der Waals surface area contributed by atoms with E-state index in [9.17, 15) is 9.90 Å². The van der Waals surface area contributed by atoms with Crippen molar-refractivity contribution in [3.05, 3.63) is 17.4 Å². The number of aromatic nitrogens is 2. The van der Waals surface area contributed by atoms with Crippen molar-refractivity contribution in [2.45, 2.75) is 50.4 Å². The van der Waals surface area contributed by atoms with Gasteiger partial charge in [-0.25, -0.2) is 0 Å². The molecule has 0 aliphatic carbocycles. The molecule has 1 N–H and O–H groups in total. The number of rotatable bonds is 3. The number of likely N-dealkylation sites (tertiary alicyclic amines) is 1. The van der Waals surface area contributed by atoms with Crippen LogP contribution in [0.2, 0.25) is 5.02 Å². The Morgan fingerprint density at radius 2 is 2.27 bits per heavy atom. The zero-order valence-electron chi connectivity index (χ0n) is 12.6. The molecule has 3 heterocycles. The zero-order chi connectivity index (χ0) is 15.6. The molecule has 1 unspecified atom stereocenters. The summed E-state index contributed by atoms with van der Waals surface area (Å²) >= 11 is 5.80. The summed E-state index contributed by atoms with van der Waals surface area (Å²) in [7, 11) is 0. The second kappa shape index (κ2) is 6.56. The van der Waals surface area contributed by atoms with Crippen molar-refractivity contribution in [2.24, 2.45) is 0 Å². The lowest BCUT2D eigenvalue weighted by Crippen LogP contribution is -2.56. The molecule has 6 nitrogen and oxygen atoms in total. The minimum atomic E-state index is -0.426. The van der Waals surface area contributed by atoms with Crippen molar-refractivity contribution >= 4 is 17.5 Å². The van der Waals surface area contributed by atoms with E-state index in [1.54, 1.807) is 17.1 Å². The quantitative estimate of drug-likeness (QED) is 0.912. The molecule has 1 aromatic heterocycles. The van der Waals surface area contributed by atoms with Crippen molar-refractivity contribution in [3.63, 3.8) is 0 Å². The maximum atomic E-state index is 12.3. The topological polar surface area (TPSA) is 67.6 Å². The number of carbonyl (C=O) groups is 1. The molecule has 2 saturated heterocycles. The van der Waals surface area contributed by atoms with Crippen LogP contribution in [0.5, 0.6) is 0 Å². The first-order valence-electron chi connectivity index (χ1n) is 7.87. The second-order valence-corrected chi connectivity index (χ2v) is 6.56. The lowest BCUT2D eigenvalue weighted by atomic mass is 9.82. The van der Waals surface area contributed by atoms with E-state index < -0.39 is 11.7 Å². The number of amides is 1. The number of nitrogens with zero attached hydrogens (tertiary/aromatic N) is 3. The standard InChI is InChI=1S/C15H22ClN3O3/c16-12-10-17-19(11-12)6-3-14(21)18-7-4-15(5-8-18)13(20)2-1-9-22-15/h10-11,13,20H,1-9H2. The van der Waals surface area contributed by atoms with Gasteiger partial charge in [0.05, 0.1) is 22.9 Å². The van der Waals surface area contributed by atoms with Crippen molar-refractivity contribution < 1.29 is 14.6 Å². The lowest BCUT2D eigenvalue weighted by Gasteiger charge is -2.46. The van der Waals surface area contributed by atoms with Crippen LogP contribution in [0.25, 0.3) is 0 Å². The average molecular weight is 328 g/mol. The zero-order valence-corrected chi connectivity index (χ0v) is 13.3. The number of aliphatic hydroxyl groups is 1. The normalized spacial score (nSPS) is 24.6. The smallest absolute Gasteiger partial charge is 0.224 e. The molecular formula is C15H22ClN3O3. The van der Waals surface area contributed by atoms with E-state index in [0.717, 1.165) is 12.8 Å². The largest absolute Gasteiger partial charge is 0.390 e. The molecule has 2 aliphatic heterocycles. The maximum absolute atomic E-state index is 12.3. The minimum Gasteiger partial charge on any atom is -0.390 e. The SMILES string of the molecule is O=C(CCn1cc(Cl)cn1)N1CCC2(CC1)OCCCC2O. The fourth-order valence-electron chi connectivity index (χ4n) is 3.35. The Bertz CT molecular complexity index is 526. The van der Waals surface area contributed by atoms with Gasteiger partial charge in [-0.1, -0.05) is 11.6 Å². The average Bonchev–Trinajstić information content (AvgIpc) is 2.94. The van der Waals surface area contributed by atoms with Gasteiger partial charge in [0.15, 0.2) is 0 Å². The third-order valence-electron chi connectivity index (χ3n) is 4.74. The molecule has 1 amide bonds. The summed E-state index contributed by atoms with van der Waals surface area (Å²) in [6.07, 6.45) is 6.44. The van der Waals surface area contributed by atoms with Gasteiger partial charge in [0.1, 0.15) is 0 Å². The highest BCUT2D eigenvalue weighted by molar-refractivity contribution is 6.30. The number of halogens is 1. The second-order valence-electron chi connectivity index (χ2n) is 6.12. The summed E-state index contributed by atoms with van der Waals surface area (Å²) in [5.74, 6) is 0.117. The highest BCUT2D eigenvalue weighted by Crippen LogP contribution is 2.35. The monoisotopic (exact) mass is 327 g/mol. The van der Waals surface area contributed by atoms with E-state index in [0.29, 0.717) is 50.5 Å². The van der Waals surface area contributed by atoms with Gasteiger partial charge in [-0.15, -0.1) is 0 Å². The Kier molecular flexibility index (Phi) is 4.70. The van der Waals surface area contributed by atoms with Crippen LogP contribution in [0.15, 0.2) is 12.4 Å². The van der Waals surface area contributed by atoms with Crippen LogP contribution in [0.4, 0.5) is 0 Å². The molecule has 0 aromatic carbocycles. The number of hydrogen-bond donors (Lipinski definition) is 1. The van der Waals surface area contributed by atoms with Gasteiger partial charge in [0.2, 0.25) is 5.91 Å². The predicted molar refractivity (Wildman–Crippen MR) is 81.6 cm³/mol. The highest BCUT2D eigenvalue weighted by atomic mass is 35.5. The van der Waals surface area contributed by atoms with Gasteiger partial charge in [0.25, 0.3) is 0 Å². The van der Waals surface area contributed by atoms with Gasteiger partial charge in [-0.3, -0.25) is 9.48 Å². The lowest BCUT2D eigenvalue weighted by molar-refractivity contribution is -0.179. The summed E-state index contributed by atoms with van der Waals surface area (Å²) in [6, 6.07) is 0. The maximum Gasteiger partial charge on any atom is 0.224 e. The van der Waals surface area contributed by atoms with Gasteiger partial charge < -0.3 is 14.7 Å². The Hall–Kier alpha value is -1.11. The fourth-order valence-corrected chi connectivity index (χ4v) is 3.51. The molecule has 0 saturated carbocycles. The molecule has 1 aromatic rings. The molecule has 2 fully saturated rings. The first kappa shape index (κ1) is 15.8. The van der Waals surface area contributed by atoms with E-state index in [2.05, 4.69) is 5.10 Å². The highest BCUT2D eigenvalue weighted by Gasteiger charge is 2.44. The first-order chi connectivity index (χ1) is 10.6. The molecule has 0 bridgehead atoms. The van der Waals surface area contributed by atoms with Crippen LogP contribution in [0.3, 0.4) is 0 Å². The molecule has 122 valence electrons. The molecule has 0 radical (unpaired) electrons. The van der Waals surface area contributed by atoms with Crippen LogP contribution in [-0.4, -0.2) is 57.1 Å². The third-order valence-corrected chi connectivity index (χ3v) is 4.93. The van der Waals surface area contributed by atoms with Crippen LogP contribution in [0, 0.1) is 0 Å². The third kappa shape index (κ3) is 3.29. The van der Waals surface area contributed by atoms with Gasteiger partial charge in [-0.2, -0.15) is 5.10 Å². The van der Waals surface area contributed by atoms with Gasteiger partial charge >= 0.3 is 0 Å². The molecule has 7 heteroatoms. The molecule has 2 aliphatic rings. The Balaban J connectivity index is 1.49. The molecule has 1 spiro atoms. The summed E-state index contributed by atoms with van der Waals surface area (Å²) in [6.45, 7) is 2.54. The van der Waals surface area contributed by atoms with Crippen LogP contribution >= 0.6 is 11.6 Å². The summed E-state index contributed by atoms with van der Waals surface area (Å²) in [5, 5.41) is 14.9. The fraction of sp³-hybridized carbons (Fsp3) is 0.733. The molecule has 1 atom stereocenters. The van der Waals surface area contributed by atoms with E-state index in [-0.39, 0.29) is 5.91 Å². The van der Waals surface area contributed by atoms with E-state index >= 15 is 0 Å². The number of aliphatic hydroxyl groups excluding tert-OH is 1. The van der Waals surface area contributed by atoms with Gasteiger partial charge in [-0.05, 0) is 25.7 Å². The Morgan fingerprint density at radius 1 is 1.50 bits per heavy atom. The summed E-state index contributed by atoms with van der Waals surface area (Å²) in [4.78, 5) is 14.1. The number of ether oxygens (including phenoxy) is 1. The number of carbonyl (C=O) groups excluding carboxylic acids is 1.